The summed E-state index contributed by atoms with van der Waals surface area (Å²) in [6.45, 7) is 0. The van der Waals surface area contributed by atoms with Gasteiger partial charge < -0.3 is 5.32 Å². The van der Waals surface area contributed by atoms with Gasteiger partial charge in [0.15, 0.2) is 0 Å². The van der Waals surface area contributed by atoms with E-state index in [2.05, 4.69) is 29.6 Å². The second-order valence-electron chi connectivity index (χ2n) is 5.89. The van der Waals surface area contributed by atoms with Gasteiger partial charge in [-0.1, -0.05) is 24.3 Å². The van der Waals surface area contributed by atoms with Crippen LogP contribution in [0.25, 0.3) is 0 Å². The third kappa shape index (κ3) is 4.06. The van der Waals surface area contributed by atoms with E-state index < -0.39 is 9.84 Å². The number of aryl methyl sites for hydroxylation is 1. The number of nitrogens with one attached hydrogen (secondary N) is 1. The van der Waals surface area contributed by atoms with Crippen LogP contribution < -0.4 is 5.32 Å². The molecule has 0 heterocycles. The summed E-state index contributed by atoms with van der Waals surface area (Å²) in [4.78, 5) is 0. The summed E-state index contributed by atoms with van der Waals surface area (Å²) in [6.07, 6.45) is 6.57. The van der Waals surface area contributed by atoms with Gasteiger partial charge in [-0.05, 0) is 56.2 Å². The van der Waals surface area contributed by atoms with Crippen LogP contribution in [0.4, 0.5) is 0 Å². The minimum absolute atomic E-state index is 0.307. The van der Waals surface area contributed by atoms with Crippen LogP contribution in [0.5, 0.6) is 0 Å². The third-order valence-corrected chi connectivity index (χ3v) is 5.31. The molecule has 0 saturated heterocycles. The molecule has 0 radical (unpaired) electrons. The fraction of sp³-hybridized carbons (Fsp3) is 0.625. The first-order chi connectivity index (χ1) is 9.51. The van der Waals surface area contributed by atoms with Crippen molar-refractivity contribution in [2.75, 3.05) is 19.1 Å². The lowest BCUT2D eigenvalue weighted by Crippen LogP contribution is -2.25. The van der Waals surface area contributed by atoms with E-state index in [1.165, 1.54) is 30.2 Å². The molecule has 0 fully saturated rings. The molecule has 1 aliphatic rings. The van der Waals surface area contributed by atoms with E-state index in [-0.39, 0.29) is 0 Å². The minimum Gasteiger partial charge on any atom is -0.313 e. The molecule has 2 unspecified atom stereocenters. The number of benzene rings is 1. The lowest BCUT2D eigenvalue weighted by atomic mass is 9.87. The van der Waals surface area contributed by atoms with E-state index in [0.717, 1.165) is 19.3 Å². The Morgan fingerprint density at radius 3 is 2.75 bits per heavy atom. The Morgan fingerprint density at radius 2 is 2.05 bits per heavy atom. The summed E-state index contributed by atoms with van der Waals surface area (Å²) in [7, 11) is -0.829. The van der Waals surface area contributed by atoms with Crippen molar-refractivity contribution in [2.24, 2.45) is 5.92 Å². The zero-order valence-corrected chi connectivity index (χ0v) is 13.2. The average molecular weight is 295 g/mol. The lowest BCUT2D eigenvalue weighted by molar-refractivity contribution is 0.337. The molecule has 0 spiro atoms. The fourth-order valence-electron chi connectivity index (χ4n) is 3.35. The van der Waals surface area contributed by atoms with Gasteiger partial charge in [0, 0.05) is 18.1 Å². The van der Waals surface area contributed by atoms with Crippen molar-refractivity contribution >= 4 is 9.84 Å². The van der Waals surface area contributed by atoms with Crippen LogP contribution >= 0.6 is 0 Å². The highest BCUT2D eigenvalue weighted by Gasteiger charge is 2.26. The quantitative estimate of drug-likeness (QED) is 0.850. The van der Waals surface area contributed by atoms with Gasteiger partial charge in [-0.15, -0.1) is 0 Å². The van der Waals surface area contributed by atoms with Crippen LogP contribution in [0.15, 0.2) is 24.3 Å². The molecular formula is C16H25NO2S. The van der Waals surface area contributed by atoms with Gasteiger partial charge in [0.1, 0.15) is 9.84 Å². The van der Waals surface area contributed by atoms with Crippen LogP contribution in [0, 0.1) is 5.92 Å². The average Bonchev–Trinajstić information content (AvgIpc) is 2.56. The van der Waals surface area contributed by atoms with Gasteiger partial charge in [0.05, 0.1) is 0 Å². The molecule has 0 aliphatic heterocycles. The van der Waals surface area contributed by atoms with Crippen molar-refractivity contribution in [1.82, 2.24) is 5.32 Å². The van der Waals surface area contributed by atoms with Gasteiger partial charge >= 0.3 is 0 Å². The second-order valence-corrected chi connectivity index (χ2v) is 8.15. The molecule has 20 heavy (non-hydrogen) atoms. The zero-order valence-electron chi connectivity index (χ0n) is 12.4. The van der Waals surface area contributed by atoms with Crippen molar-refractivity contribution in [3.8, 4) is 0 Å². The first-order valence-corrected chi connectivity index (χ1v) is 9.50. The zero-order chi connectivity index (χ0) is 14.6. The van der Waals surface area contributed by atoms with Crippen LogP contribution in [-0.4, -0.2) is 27.5 Å². The minimum atomic E-state index is -2.84. The summed E-state index contributed by atoms with van der Waals surface area (Å²) in [6, 6.07) is 9.00. The predicted octanol–water partition coefficient (Wildman–Crippen LogP) is 2.72. The van der Waals surface area contributed by atoms with Crippen LogP contribution in [0.2, 0.25) is 0 Å². The SMILES string of the molecule is CNC1c2ccccc2CCCC1CCCS(C)(=O)=O. The summed E-state index contributed by atoms with van der Waals surface area (Å²) in [5, 5.41) is 3.45. The highest BCUT2D eigenvalue weighted by molar-refractivity contribution is 7.90. The number of hydrogen-bond acceptors (Lipinski definition) is 3. The van der Waals surface area contributed by atoms with E-state index in [9.17, 15) is 8.42 Å². The molecule has 0 amide bonds. The topological polar surface area (TPSA) is 46.2 Å². The van der Waals surface area contributed by atoms with E-state index in [4.69, 9.17) is 0 Å². The first-order valence-electron chi connectivity index (χ1n) is 7.44. The van der Waals surface area contributed by atoms with Crippen molar-refractivity contribution < 1.29 is 8.42 Å². The Hall–Kier alpha value is -0.870. The van der Waals surface area contributed by atoms with E-state index in [1.54, 1.807) is 0 Å². The van der Waals surface area contributed by atoms with E-state index >= 15 is 0 Å². The maximum Gasteiger partial charge on any atom is 0.147 e. The summed E-state index contributed by atoms with van der Waals surface area (Å²) in [5.74, 6) is 0.840. The van der Waals surface area contributed by atoms with Crippen molar-refractivity contribution in [1.29, 1.82) is 0 Å². The van der Waals surface area contributed by atoms with Gasteiger partial charge in [-0.2, -0.15) is 0 Å². The Labute approximate surface area is 122 Å². The molecule has 3 nitrogen and oxygen atoms in total. The second kappa shape index (κ2) is 6.72. The Kier molecular flexibility index (Phi) is 5.22. The molecule has 1 aromatic rings. The summed E-state index contributed by atoms with van der Waals surface area (Å²) < 4.78 is 22.5. The molecule has 0 bridgehead atoms. The highest BCUT2D eigenvalue weighted by Crippen LogP contribution is 2.35. The van der Waals surface area contributed by atoms with Crippen LogP contribution in [0.1, 0.15) is 42.9 Å². The van der Waals surface area contributed by atoms with Gasteiger partial charge in [-0.3, -0.25) is 0 Å². The molecule has 0 aromatic heterocycles. The number of fused-ring (bicyclic) bond motifs is 1. The van der Waals surface area contributed by atoms with Crippen molar-refractivity contribution in [3.63, 3.8) is 0 Å². The highest BCUT2D eigenvalue weighted by atomic mass is 32.2. The van der Waals surface area contributed by atoms with Crippen molar-refractivity contribution in [3.05, 3.63) is 35.4 Å². The summed E-state index contributed by atoms with van der Waals surface area (Å²) in [5.41, 5.74) is 2.84. The molecular weight excluding hydrogens is 270 g/mol. The molecule has 4 heteroatoms. The molecule has 1 aliphatic carbocycles. The summed E-state index contributed by atoms with van der Waals surface area (Å²) >= 11 is 0. The van der Waals surface area contributed by atoms with Gasteiger partial charge in [0.2, 0.25) is 0 Å². The third-order valence-electron chi connectivity index (χ3n) is 4.28. The first kappa shape index (κ1) is 15.5. The Balaban J connectivity index is 2.09. The molecule has 2 atom stereocenters. The molecule has 112 valence electrons. The predicted molar refractivity (Wildman–Crippen MR) is 83.6 cm³/mol. The maximum atomic E-state index is 11.3. The molecule has 2 rings (SSSR count). The molecule has 1 N–H and O–H groups in total. The Bertz CT molecular complexity index is 539. The molecule has 0 saturated carbocycles. The lowest BCUT2D eigenvalue weighted by Gasteiger charge is -2.26. The van der Waals surface area contributed by atoms with Gasteiger partial charge in [0.25, 0.3) is 0 Å². The largest absolute Gasteiger partial charge is 0.313 e. The van der Waals surface area contributed by atoms with Gasteiger partial charge in [-0.25, -0.2) is 8.42 Å². The number of rotatable bonds is 5. The van der Waals surface area contributed by atoms with Crippen LogP contribution in [0.3, 0.4) is 0 Å². The number of hydrogen-bond donors (Lipinski definition) is 1. The van der Waals surface area contributed by atoms with E-state index in [1.807, 2.05) is 7.05 Å². The van der Waals surface area contributed by atoms with Crippen LogP contribution in [-0.2, 0) is 16.3 Å². The smallest absolute Gasteiger partial charge is 0.147 e. The number of sulfone groups is 1. The fourth-order valence-corrected chi connectivity index (χ4v) is 4.04. The van der Waals surface area contributed by atoms with Crippen molar-refractivity contribution in [2.45, 2.75) is 38.1 Å². The normalized spacial score (nSPS) is 23.1. The van der Waals surface area contributed by atoms with E-state index in [0.29, 0.717) is 17.7 Å². The standard InChI is InChI=1S/C16H25NO2S/c1-17-16-14(10-6-12-20(2,18)19)9-5-8-13-7-3-4-11-15(13)16/h3-4,7,11,14,16-17H,5-6,8-10,12H2,1-2H3. The molecule has 1 aromatic carbocycles. The monoisotopic (exact) mass is 295 g/mol. The maximum absolute atomic E-state index is 11.3. The Morgan fingerprint density at radius 1 is 1.30 bits per heavy atom.